The van der Waals surface area contributed by atoms with E-state index in [1.807, 2.05) is 33.7 Å². The molecule has 0 aliphatic carbocycles. The molecule has 1 amide bonds. The number of nitrogens with one attached hydrogen (secondary N) is 2. The lowest BCUT2D eigenvalue weighted by molar-refractivity contribution is -0.384. The van der Waals surface area contributed by atoms with E-state index in [2.05, 4.69) is 10.3 Å². The van der Waals surface area contributed by atoms with Gasteiger partial charge in [-0.3, -0.25) is 24.4 Å². The van der Waals surface area contributed by atoms with Gasteiger partial charge in [0.15, 0.2) is 0 Å². The van der Waals surface area contributed by atoms with Crippen LogP contribution in [0.25, 0.3) is 11.0 Å². The van der Waals surface area contributed by atoms with Gasteiger partial charge in [0.1, 0.15) is 0 Å². The number of fused-ring (bicyclic) bond motifs is 1. The van der Waals surface area contributed by atoms with Crippen LogP contribution in [0.2, 0.25) is 0 Å². The molecule has 4 rings (SSSR count). The van der Waals surface area contributed by atoms with E-state index in [1.165, 1.54) is 18.2 Å². The number of aromatic amines is 1. The van der Waals surface area contributed by atoms with Crippen molar-refractivity contribution in [2.24, 2.45) is 0 Å². The van der Waals surface area contributed by atoms with Crippen molar-refractivity contribution in [2.75, 3.05) is 25.0 Å². The van der Waals surface area contributed by atoms with Crippen molar-refractivity contribution in [1.29, 1.82) is 0 Å². The zero-order chi connectivity index (χ0) is 20.4. The molecule has 1 aliphatic heterocycles. The maximum atomic E-state index is 12.4. The van der Waals surface area contributed by atoms with E-state index in [9.17, 15) is 19.7 Å². The van der Waals surface area contributed by atoms with Crippen LogP contribution in [-0.2, 0) is 4.79 Å². The fraction of sp³-hybridized carbons (Fsp3) is 0.300. The highest BCUT2D eigenvalue weighted by atomic mass is 16.6. The fourth-order valence-corrected chi connectivity index (χ4v) is 3.87. The molecular weight excluding hydrogens is 374 g/mol. The first-order valence-electron chi connectivity index (χ1n) is 9.47. The molecule has 2 heterocycles. The number of nitro benzene ring substituents is 1. The van der Waals surface area contributed by atoms with Gasteiger partial charge in [0, 0.05) is 37.0 Å². The summed E-state index contributed by atoms with van der Waals surface area (Å²) in [6.07, 6.45) is 1.54. The van der Waals surface area contributed by atoms with Gasteiger partial charge in [0.05, 0.1) is 22.5 Å². The van der Waals surface area contributed by atoms with Crippen molar-refractivity contribution < 1.29 is 9.72 Å². The summed E-state index contributed by atoms with van der Waals surface area (Å²) in [6.45, 7) is 1.59. The molecule has 0 unspecified atom stereocenters. The number of amides is 1. The Morgan fingerprint density at radius 1 is 1.17 bits per heavy atom. The Morgan fingerprint density at radius 2 is 1.93 bits per heavy atom. The Hall–Kier alpha value is -3.46. The largest absolute Gasteiger partial charge is 0.326 e. The number of aromatic nitrogens is 2. The molecule has 1 aromatic heterocycles. The number of imidazole rings is 1. The van der Waals surface area contributed by atoms with Gasteiger partial charge in [-0.2, -0.15) is 0 Å². The van der Waals surface area contributed by atoms with Crippen LogP contribution in [0.4, 0.5) is 11.4 Å². The Balaban J connectivity index is 1.36. The monoisotopic (exact) mass is 395 g/mol. The van der Waals surface area contributed by atoms with Crippen LogP contribution in [0, 0.1) is 10.1 Å². The van der Waals surface area contributed by atoms with E-state index in [1.54, 1.807) is 6.07 Å². The number of hydrogen-bond acceptors (Lipinski definition) is 5. The van der Waals surface area contributed by atoms with Crippen molar-refractivity contribution in [3.05, 3.63) is 69.1 Å². The summed E-state index contributed by atoms with van der Waals surface area (Å²) in [5.41, 5.74) is 1.97. The highest BCUT2D eigenvalue weighted by molar-refractivity contribution is 5.92. The number of nitro groups is 1. The standard InChI is InChI=1S/C20H21N5O4/c26-19(21-14-4-3-5-16(12-14)25(28)29)13-23-10-8-15(9-11-23)24-18-7-2-1-6-17(18)22-20(24)27/h1-7,12,15H,8-11,13H2,(H,21,26)(H,22,27). The second kappa shape index (κ2) is 7.88. The molecule has 0 saturated carbocycles. The Morgan fingerprint density at radius 3 is 2.69 bits per heavy atom. The van der Waals surface area contributed by atoms with Gasteiger partial charge in [-0.1, -0.05) is 18.2 Å². The van der Waals surface area contributed by atoms with Crippen LogP contribution < -0.4 is 11.0 Å². The van der Waals surface area contributed by atoms with Gasteiger partial charge in [-0.25, -0.2) is 4.79 Å². The maximum Gasteiger partial charge on any atom is 0.326 e. The molecule has 3 aromatic rings. The molecule has 150 valence electrons. The molecule has 0 bridgehead atoms. The first-order chi connectivity index (χ1) is 14.0. The third-order valence-electron chi connectivity index (χ3n) is 5.25. The van der Waals surface area contributed by atoms with Crippen LogP contribution in [0.5, 0.6) is 0 Å². The number of para-hydroxylation sites is 2. The molecule has 2 N–H and O–H groups in total. The molecule has 1 fully saturated rings. The second-order valence-corrected chi connectivity index (χ2v) is 7.18. The minimum atomic E-state index is -0.493. The maximum absolute atomic E-state index is 12.4. The fourth-order valence-electron chi connectivity index (χ4n) is 3.87. The van der Waals surface area contributed by atoms with E-state index in [0.29, 0.717) is 18.8 Å². The van der Waals surface area contributed by atoms with Crippen LogP contribution in [-0.4, -0.2) is 44.9 Å². The van der Waals surface area contributed by atoms with Gasteiger partial charge < -0.3 is 10.3 Å². The summed E-state index contributed by atoms with van der Waals surface area (Å²) in [7, 11) is 0. The summed E-state index contributed by atoms with van der Waals surface area (Å²) >= 11 is 0. The number of H-pyrrole nitrogens is 1. The van der Waals surface area contributed by atoms with Crippen LogP contribution in [0.1, 0.15) is 18.9 Å². The number of carbonyl (C=O) groups is 1. The predicted octanol–water partition coefficient (Wildman–Crippen LogP) is 2.51. The van der Waals surface area contributed by atoms with Crippen molar-refractivity contribution >= 4 is 28.3 Å². The normalized spacial score (nSPS) is 15.4. The van der Waals surface area contributed by atoms with E-state index in [0.717, 1.165) is 23.9 Å². The van der Waals surface area contributed by atoms with Crippen LogP contribution >= 0.6 is 0 Å². The Bertz CT molecular complexity index is 1110. The van der Waals surface area contributed by atoms with E-state index in [4.69, 9.17) is 0 Å². The summed E-state index contributed by atoms with van der Waals surface area (Å²) in [5.74, 6) is -0.215. The average Bonchev–Trinajstić information content (AvgIpc) is 3.04. The Labute approximate surface area is 166 Å². The third-order valence-corrected chi connectivity index (χ3v) is 5.25. The molecule has 9 nitrogen and oxygen atoms in total. The minimum absolute atomic E-state index is 0.0622. The second-order valence-electron chi connectivity index (χ2n) is 7.18. The molecule has 0 radical (unpaired) electrons. The smallest absolute Gasteiger partial charge is 0.325 e. The van der Waals surface area contributed by atoms with Gasteiger partial charge in [-0.15, -0.1) is 0 Å². The molecule has 29 heavy (non-hydrogen) atoms. The number of hydrogen-bond donors (Lipinski definition) is 2. The number of piperidine rings is 1. The van der Waals surface area contributed by atoms with E-state index in [-0.39, 0.29) is 29.9 Å². The zero-order valence-corrected chi connectivity index (χ0v) is 15.7. The molecule has 0 atom stereocenters. The molecule has 2 aromatic carbocycles. The highest BCUT2D eigenvalue weighted by Crippen LogP contribution is 2.25. The number of likely N-dealkylation sites (tertiary alicyclic amines) is 1. The molecule has 1 aliphatic rings. The van der Waals surface area contributed by atoms with Crippen LogP contribution in [0.3, 0.4) is 0 Å². The minimum Gasteiger partial charge on any atom is -0.325 e. The Kier molecular flexibility index (Phi) is 5.13. The van der Waals surface area contributed by atoms with Crippen molar-refractivity contribution in [3.63, 3.8) is 0 Å². The summed E-state index contributed by atoms with van der Waals surface area (Å²) < 4.78 is 1.82. The molecular formula is C20H21N5O4. The van der Waals surface area contributed by atoms with Gasteiger partial charge in [0.2, 0.25) is 5.91 Å². The summed E-state index contributed by atoms with van der Waals surface area (Å²) in [5, 5.41) is 13.6. The summed E-state index contributed by atoms with van der Waals surface area (Å²) in [6, 6.07) is 13.6. The molecule has 0 spiro atoms. The quantitative estimate of drug-likeness (QED) is 0.509. The highest BCUT2D eigenvalue weighted by Gasteiger charge is 2.24. The lowest BCUT2D eigenvalue weighted by Crippen LogP contribution is -2.40. The van der Waals surface area contributed by atoms with E-state index < -0.39 is 4.92 Å². The third kappa shape index (κ3) is 4.04. The average molecular weight is 395 g/mol. The summed E-state index contributed by atoms with van der Waals surface area (Å²) in [4.78, 5) is 40.0. The van der Waals surface area contributed by atoms with Gasteiger partial charge >= 0.3 is 5.69 Å². The van der Waals surface area contributed by atoms with Crippen molar-refractivity contribution in [2.45, 2.75) is 18.9 Å². The number of benzene rings is 2. The lowest BCUT2D eigenvalue weighted by atomic mass is 10.0. The molecule has 1 saturated heterocycles. The zero-order valence-electron chi connectivity index (χ0n) is 15.7. The number of rotatable bonds is 5. The topological polar surface area (TPSA) is 113 Å². The SMILES string of the molecule is O=C(CN1CCC(n2c(=O)[nH]c3ccccc32)CC1)Nc1cccc([N+](=O)[O-])c1. The first-order valence-corrected chi connectivity index (χ1v) is 9.47. The number of nitrogens with zero attached hydrogens (tertiary/aromatic N) is 3. The van der Waals surface area contributed by atoms with Crippen LogP contribution in [0.15, 0.2) is 53.3 Å². The van der Waals surface area contributed by atoms with Crippen molar-refractivity contribution in [1.82, 2.24) is 14.5 Å². The number of carbonyl (C=O) groups excluding carboxylic acids is 1. The van der Waals surface area contributed by atoms with Crippen molar-refractivity contribution in [3.8, 4) is 0 Å². The molecule has 9 heteroatoms. The van der Waals surface area contributed by atoms with E-state index >= 15 is 0 Å². The van der Waals surface area contributed by atoms with Gasteiger partial charge in [0.25, 0.3) is 5.69 Å². The van der Waals surface area contributed by atoms with Gasteiger partial charge in [-0.05, 0) is 31.0 Å². The lowest BCUT2D eigenvalue weighted by Gasteiger charge is -2.32. The first kappa shape index (κ1) is 18.9. The number of non-ortho nitro benzene ring substituents is 1. The predicted molar refractivity (Wildman–Crippen MR) is 109 cm³/mol. The number of anilines is 1.